The number of ether oxygens (including phenoxy) is 1. The van der Waals surface area contributed by atoms with E-state index in [1.54, 1.807) is 0 Å². The zero-order chi connectivity index (χ0) is 11.4. The number of hydrogen-bond acceptors (Lipinski definition) is 3. The van der Waals surface area contributed by atoms with Crippen LogP contribution in [0.2, 0.25) is 0 Å². The maximum atomic E-state index is 12.1. The van der Waals surface area contributed by atoms with Crippen LogP contribution in [0.15, 0.2) is 0 Å². The molecule has 0 aromatic heterocycles. The Kier molecular flexibility index (Phi) is 5.70. The Labute approximate surface area is 109 Å². The normalized spacial score (nSPS) is 24.8. The molecule has 0 aromatic carbocycles. The van der Waals surface area contributed by atoms with Gasteiger partial charge in [0.25, 0.3) is 0 Å². The molecule has 3 N–H and O–H groups in total. The Hall–Kier alpha value is -0.320. The number of nitrogens with one attached hydrogen (secondary N) is 1. The number of rotatable bonds is 2. The first-order chi connectivity index (χ1) is 7.71. The fraction of sp³-hybridized carbons (Fsp3) is 0.917. The van der Waals surface area contributed by atoms with Gasteiger partial charge in [-0.15, -0.1) is 12.4 Å². The smallest absolute Gasteiger partial charge is 0.240 e. The van der Waals surface area contributed by atoms with Crippen LogP contribution in [0, 0.1) is 0 Å². The first kappa shape index (κ1) is 14.7. The van der Waals surface area contributed by atoms with Crippen LogP contribution in [0.3, 0.4) is 0 Å². The molecule has 17 heavy (non-hydrogen) atoms. The second-order valence-electron chi connectivity index (χ2n) is 5.08. The molecule has 2 aliphatic rings. The highest BCUT2D eigenvalue weighted by molar-refractivity contribution is 5.86. The molecular formula is C12H23ClN2O2. The number of carbonyl (C=O) groups is 1. The Bertz CT molecular complexity index is 249. The van der Waals surface area contributed by atoms with E-state index in [2.05, 4.69) is 5.32 Å². The summed E-state index contributed by atoms with van der Waals surface area (Å²) >= 11 is 0. The molecule has 4 nitrogen and oxygen atoms in total. The average Bonchev–Trinajstić information content (AvgIpc) is 2.31. The largest absolute Gasteiger partial charge is 0.381 e. The second-order valence-corrected chi connectivity index (χ2v) is 5.08. The van der Waals surface area contributed by atoms with Crippen molar-refractivity contribution in [2.75, 3.05) is 13.2 Å². The van der Waals surface area contributed by atoms with E-state index in [1.165, 1.54) is 6.42 Å². The Balaban J connectivity index is 0.00000144. The second kappa shape index (κ2) is 6.57. The molecule has 0 unspecified atom stereocenters. The molecule has 1 amide bonds. The van der Waals surface area contributed by atoms with E-state index in [0.717, 1.165) is 51.7 Å². The SMILES string of the molecule is Cl.NC1(C(=O)NC2CCOCC2)CCCCC1. The zero-order valence-electron chi connectivity index (χ0n) is 10.2. The van der Waals surface area contributed by atoms with Gasteiger partial charge >= 0.3 is 0 Å². The summed E-state index contributed by atoms with van der Waals surface area (Å²) in [5.74, 6) is 0.0547. The van der Waals surface area contributed by atoms with Gasteiger partial charge in [0.1, 0.15) is 0 Å². The maximum Gasteiger partial charge on any atom is 0.240 e. The third-order valence-corrected chi connectivity index (χ3v) is 3.75. The van der Waals surface area contributed by atoms with Crippen molar-refractivity contribution in [2.24, 2.45) is 5.73 Å². The van der Waals surface area contributed by atoms with Gasteiger partial charge in [-0.1, -0.05) is 19.3 Å². The summed E-state index contributed by atoms with van der Waals surface area (Å²) in [5, 5.41) is 3.09. The quantitative estimate of drug-likeness (QED) is 0.790. The zero-order valence-corrected chi connectivity index (χ0v) is 11.1. The minimum atomic E-state index is -0.601. The molecule has 1 saturated carbocycles. The third kappa shape index (κ3) is 3.83. The summed E-state index contributed by atoms with van der Waals surface area (Å²) in [5.41, 5.74) is 5.58. The van der Waals surface area contributed by atoms with Gasteiger partial charge in [-0.05, 0) is 25.7 Å². The first-order valence-electron chi connectivity index (χ1n) is 6.38. The summed E-state index contributed by atoms with van der Waals surface area (Å²) in [7, 11) is 0. The molecule has 5 heteroatoms. The molecule has 0 bridgehead atoms. The fourth-order valence-electron chi connectivity index (χ4n) is 2.58. The van der Waals surface area contributed by atoms with E-state index >= 15 is 0 Å². The minimum absolute atomic E-state index is 0. The lowest BCUT2D eigenvalue weighted by atomic mass is 9.81. The number of hydrogen-bond donors (Lipinski definition) is 2. The lowest BCUT2D eigenvalue weighted by Crippen LogP contribution is -2.57. The minimum Gasteiger partial charge on any atom is -0.381 e. The van der Waals surface area contributed by atoms with Gasteiger partial charge in [-0.2, -0.15) is 0 Å². The summed E-state index contributed by atoms with van der Waals surface area (Å²) < 4.78 is 5.27. The Morgan fingerprint density at radius 2 is 1.76 bits per heavy atom. The van der Waals surface area contributed by atoms with Crippen molar-refractivity contribution in [3.63, 3.8) is 0 Å². The average molecular weight is 263 g/mol. The third-order valence-electron chi connectivity index (χ3n) is 3.75. The molecule has 0 spiro atoms. The predicted octanol–water partition coefficient (Wildman–Crippen LogP) is 1.36. The molecule has 0 atom stereocenters. The highest BCUT2D eigenvalue weighted by Gasteiger charge is 2.36. The van der Waals surface area contributed by atoms with Crippen LogP contribution in [-0.4, -0.2) is 30.7 Å². The molecule has 1 aliphatic heterocycles. The van der Waals surface area contributed by atoms with E-state index in [4.69, 9.17) is 10.5 Å². The van der Waals surface area contributed by atoms with Crippen LogP contribution in [0.1, 0.15) is 44.9 Å². The molecule has 100 valence electrons. The van der Waals surface area contributed by atoms with E-state index in [9.17, 15) is 4.79 Å². The lowest BCUT2D eigenvalue weighted by Gasteiger charge is -2.34. The molecule has 2 rings (SSSR count). The fourth-order valence-corrected chi connectivity index (χ4v) is 2.58. The van der Waals surface area contributed by atoms with Gasteiger partial charge in [-0.3, -0.25) is 4.79 Å². The van der Waals surface area contributed by atoms with Crippen molar-refractivity contribution in [3.8, 4) is 0 Å². The monoisotopic (exact) mass is 262 g/mol. The summed E-state index contributed by atoms with van der Waals surface area (Å²) in [4.78, 5) is 12.1. The van der Waals surface area contributed by atoms with Gasteiger partial charge in [0.15, 0.2) is 0 Å². The molecule has 0 aromatic rings. The molecule has 1 heterocycles. The van der Waals surface area contributed by atoms with Crippen molar-refractivity contribution in [1.82, 2.24) is 5.32 Å². The first-order valence-corrected chi connectivity index (χ1v) is 6.38. The van der Waals surface area contributed by atoms with Gasteiger partial charge < -0.3 is 15.8 Å². The van der Waals surface area contributed by atoms with E-state index < -0.39 is 5.54 Å². The van der Waals surface area contributed by atoms with Gasteiger partial charge in [0, 0.05) is 19.3 Å². The van der Waals surface area contributed by atoms with Gasteiger partial charge in [0.2, 0.25) is 5.91 Å². The van der Waals surface area contributed by atoms with Crippen molar-refractivity contribution >= 4 is 18.3 Å². The highest BCUT2D eigenvalue weighted by atomic mass is 35.5. The Morgan fingerprint density at radius 3 is 2.35 bits per heavy atom. The van der Waals surface area contributed by atoms with E-state index in [0.29, 0.717) is 0 Å². The lowest BCUT2D eigenvalue weighted by molar-refractivity contribution is -0.128. The number of amides is 1. The molecule has 2 fully saturated rings. The van der Waals surface area contributed by atoms with E-state index in [-0.39, 0.29) is 24.4 Å². The number of carbonyl (C=O) groups excluding carboxylic acids is 1. The number of halogens is 1. The Morgan fingerprint density at radius 1 is 1.18 bits per heavy atom. The topological polar surface area (TPSA) is 64.4 Å². The standard InChI is InChI=1S/C12H22N2O2.ClH/c13-12(6-2-1-3-7-12)11(15)14-10-4-8-16-9-5-10;/h10H,1-9,13H2,(H,14,15);1H. The van der Waals surface area contributed by atoms with Crippen molar-refractivity contribution in [1.29, 1.82) is 0 Å². The van der Waals surface area contributed by atoms with Crippen molar-refractivity contribution < 1.29 is 9.53 Å². The van der Waals surface area contributed by atoms with Crippen molar-refractivity contribution in [2.45, 2.75) is 56.5 Å². The van der Waals surface area contributed by atoms with Crippen LogP contribution in [0.5, 0.6) is 0 Å². The van der Waals surface area contributed by atoms with E-state index in [1.807, 2.05) is 0 Å². The van der Waals surface area contributed by atoms with Crippen LogP contribution < -0.4 is 11.1 Å². The number of nitrogens with two attached hydrogens (primary N) is 1. The van der Waals surface area contributed by atoms with Crippen LogP contribution in [0.25, 0.3) is 0 Å². The maximum absolute atomic E-state index is 12.1. The van der Waals surface area contributed by atoms with Crippen LogP contribution >= 0.6 is 12.4 Å². The van der Waals surface area contributed by atoms with Gasteiger partial charge in [-0.25, -0.2) is 0 Å². The summed E-state index contributed by atoms with van der Waals surface area (Å²) in [6, 6.07) is 0.267. The van der Waals surface area contributed by atoms with Gasteiger partial charge in [0.05, 0.1) is 5.54 Å². The molecular weight excluding hydrogens is 240 g/mol. The van der Waals surface area contributed by atoms with Crippen molar-refractivity contribution in [3.05, 3.63) is 0 Å². The van der Waals surface area contributed by atoms with Crippen LogP contribution in [-0.2, 0) is 9.53 Å². The summed E-state index contributed by atoms with van der Waals surface area (Å²) in [6.07, 6.45) is 6.88. The molecule has 1 saturated heterocycles. The van der Waals surface area contributed by atoms with Crippen LogP contribution in [0.4, 0.5) is 0 Å². The molecule has 1 aliphatic carbocycles. The summed E-state index contributed by atoms with van der Waals surface area (Å²) in [6.45, 7) is 1.50. The predicted molar refractivity (Wildman–Crippen MR) is 69.2 cm³/mol. The molecule has 0 radical (unpaired) electrons. The highest BCUT2D eigenvalue weighted by Crippen LogP contribution is 2.26.